The van der Waals surface area contributed by atoms with Gasteiger partial charge in [0.15, 0.2) is 0 Å². The summed E-state index contributed by atoms with van der Waals surface area (Å²) in [5.74, 6) is 0.956. The smallest absolute Gasteiger partial charge is 0.135 e. The molecule has 1 aliphatic rings. The van der Waals surface area contributed by atoms with Crippen LogP contribution in [0.3, 0.4) is 0 Å². The predicted octanol–water partition coefficient (Wildman–Crippen LogP) is 0.567. The highest BCUT2D eigenvalue weighted by Gasteiger charge is 2.05. The van der Waals surface area contributed by atoms with Gasteiger partial charge in [0.2, 0.25) is 0 Å². The Bertz CT molecular complexity index is 220. The Labute approximate surface area is 72.0 Å². The molecule has 1 N–H and O–H groups in total. The van der Waals surface area contributed by atoms with Crippen LogP contribution in [0.1, 0.15) is 6.92 Å². The summed E-state index contributed by atoms with van der Waals surface area (Å²) in [6.45, 7) is 7.26. The Morgan fingerprint density at radius 3 is 3.25 bits per heavy atom. The summed E-state index contributed by atoms with van der Waals surface area (Å²) in [6, 6.07) is 0. The molecule has 1 heterocycles. The molecule has 0 saturated heterocycles. The van der Waals surface area contributed by atoms with Crippen LogP contribution in [0.4, 0.5) is 0 Å². The second kappa shape index (κ2) is 4.54. The Kier molecular flexibility index (Phi) is 3.32. The van der Waals surface area contributed by atoms with Gasteiger partial charge in [0.1, 0.15) is 6.61 Å². The van der Waals surface area contributed by atoms with Crippen molar-refractivity contribution in [1.82, 2.24) is 5.32 Å². The maximum Gasteiger partial charge on any atom is 0.135 e. The first-order valence-electron chi connectivity index (χ1n) is 3.86. The van der Waals surface area contributed by atoms with Crippen LogP contribution in [-0.2, 0) is 4.84 Å². The molecule has 0 aromatic carbocycles. The van der Waals surface area contributed by atoms with Crippen LogP contribution in [0.2, 0.25) is 0 Å². The number of aliphatic imine (C=N–C) groups is 1. The van der Waals surface area contributed by atoms with Gasteiger partial charge in [-0.1, -0.05) is 17.8 Å². The van der Waals surface area contributed by atoms with E-state index in [1.165, 1.54) is 0 Å². The predicted molar refractivity (Wildman–Crippen MR) is 49.6 cm³/mol. The average molecular weight is 167 g/mol. The lowest BCUT2D eigenvalue weighted by molar-refractivity contribution is 0.174. The lowest BCUT2D eigenvalue weighted by Gasteiger charge is -2.12. The zero-order chi connectivity index (χ0) is 8.81. The van der Waals surface area contributed by atoms with Gasteiger partial charge in [-0.25, -0.2) is 0 Å². The van der Waals surface area contributed by atoms with Crippen molar-refractivity contribution in [3.8, 4) is 0 Å². The van der Waals surface area contributed by atoms with Gasteiger partial charge in [-0.2, -0.15) is 0 Å². The molecule has 0 aromatic rings. The maximum absolute atomic E-state index is 4.92. The largest absolute Gasteiger partial charge is 0.392 e. The summed E-state index contributed by atoms with van der Waals surface area (Å²) in [6.07, 6.45) is 1.66. The lowest BCUT2D eigenvalue weighted by Crippen LogP contribution is -2.34. The van der Waals surface area contributed by atoms with E-state index in [4.69, 9.17) is 4.84 Å². The number of rotatable bonds is 3. The number of nitrogens with one attached hydrogen (secondary N) is 1. The first-order valence-corrected chi connectivity index (χ1v) is 3.86. The molecule has 0 saturated carbocycles. The van der Waals surface area contributed by atoms with E-state index in [9.17, 15) is 0 Å². The third-order valence-corrected chi connectivity index (χ3v) is 1.43. The molecule has 4 heteroatoms. The van der Waals surface area contributed by atoms with E-state index in [0.29, 0.717) is 13.2 Å². The van der Waals surface area contributed by atoms with Crippen LogP contribution in [0.25, 0.3) is 0 Å². The van der Waals surface area contributed by atoms with Crippen molar-refractivity contribution in [3.63, 3.8) is 0 Å². The third-order valence-electron chi connectivity index (χ3n) is 1.43. The van der Waals surface area contributed by atoms with Crippen LogP contribution in [0.5, 0.6) is 0 Å². The highest BCUT2D eigenvalue weighted by molar-refractivity contribution is 5.96. The summed E-state index contributed by atoms with van der Waals surface area (Å²) in [5, 5.41) is 6.96. The molecule has 0 bridgehead atoms. The molecule has 0 radical (unpaired) electrons. The molecule has 0 atom stereocenters. The van der Waals surface area contributed by atoms with E-state index in [0.717, 1.165) is 18.1 Å². The van der Waals surface area contributed by atoms with Gasteiger partial charge in [0.25, 0.3) is 0 Å². The first kappa shape index (κ1) is 8.77. The molecule has 0 aromatic heterocycles. The van der Waals surface area contributed by atoms with E-state index in [2.05, 4.69) is 22.0 Å². The SMILES string of the molecule is C=CCON=C1CN=C(C)NC1. The summed E-state index contributed by atoms with van der Waals surface area (Å²) in [7, 11) is 0. The molecule has 0 spiro atoms. The Morgan fingerprint density at radius 1 is 1.83 bits per heavy atom. The minimum Gasteiger partial charge on any atom is -0.392 e. The minimum atomic E-state index is 0.451. The second-order valence-corrected chi connectivity index (χ2v) is 2.50. The lowest BCUT2D eigenvalue weighted by atomic mass is 10.3. The van der Waals surface area contributed by atoms with Crippen molar-refractivity contribution in [2.24, 2.45) is 10.1 Å². The van der Waals surface area contributed by atoms with Gasteiger partial charge in [-0.15, -0.1) is 0 Å². The molecule has 4 nitrogen and oxygen atoms in total. The molecule has 1 aliphatic heterocycles. The molecule has 1 rings (SSSR count). The standard InChI is InChI=1S/C8H13N3O/c1-3-4-12-11-8-5-9-7(2)10-6-8/h3H,1,4-6H2,2H3,(H,9,10). The summed E-state index contributed by atoms with van der Waals surface area (Å²) < 4.78 is 0. The third kappa shape index (κ3) is 2.74. The zero-order valence-corrected chi connectivity index (χ0v) is 7.21. The average Bonchev–Trinajstić information content (AvgIpc) is 2.09. The van der Waals surface area contributed by atoms with E-state index in [-0.39, 0.29) is 0 Å². The van der Waals surface area contributed by atoms with Crippen LogP contribution >= 0.6 is 0 Å². The minimum absolute atomic E-state index is 0.451. The molecule has 0 fully saturated rings. The maximum atomic E-state index is 4.92. The normalized spacial score (nSPS) is 19.8. The van der Waals surface area contributed by atoms with Gasteiger partial charge in [-0.3, -0.25) is 4.99 Å². The van der Waals surface area contributed by atoms with Crippen molar-refractivity contribution in [2.75, 3.05) is 19.7 Å². The molecule has 66 valence electrons. The van der Waals surface area contributed by atoms with Crippen molar-refractivity contribution < 1.29 is 4.84 Å². The van der Waals surface area contributed by atoms with E-state index < -0.39 is 0 Å². The Balaban J connectivity index is 2.34. The topological polar surface area (TPSA) is 46.0 Å². The van der Waals surface area contributed by atoms with Gasteiger partial charge >= 0.3 is 0 Å². The first-order chi connectivity index (χ1) is 5.83. The van der Waals surface area contributed by atoms with Crippen molar-refractivity contribution in [2.45, 2.75) is 6.92 Å². The Hall–Kier alpha value is -1.32. The highest BCUT2D eigenvalue weighted by Crippen LogP contribution is 1.89. The Morgan fingerprint density at radius 2 is 2.67 bits per heavy atom. The second-order valence-electron chi connectivity index (χ2n) is 2.50. The van der Waals surface area contributed by atoms with E-state index >= 15 is 0 Å². The van der Waals surface area contributed by atoms with Crippen LogP contribution < -0.4 is 5.32 Å². The fraction of sp³-hybridized carbons (Fsp3) is 0.500. The van der Waals surface area contributed by atoms with Crippen molar-refractivity contribution in [3.05, 3.63) is 12.7 Å². The highest BCUT2D eigenvalue weighted by atomic mass is 16.6. The van der Waals surface area contributed by atoms with Crippen molar-refractivity contribution in [1.29, 1.82) is 0 Å². The van der Waals surface area contributed by atoms with Crippen molar-refractivity contribution >= 4 is 11.5 Å². The quantitative estimate of drug-likeness (QED) is 0.379. The number of oxime groups is 1. The van der Waals surface area contributed by atoms with Gasteiger partial charge in [-0.05, 0) is 6.92 Å². The van der Waals surface area contributed by atoms with E-state index in [1.54, 1.807) is 6.08 Å². The summed E-state index contributed by atoms with van der Waals surface area (Å²) >= 11 is 0. The molecule has 0 aliphatic carbocycles. The molecular weight excluding hydrogens is 154 g/mol. The molecule has 12 heavy (non-hydrogen) atoms. The van der Waals surface area contributed by atoms with Gasteiger partial charge < -0.3 is 10.2 Å². The fourth-order valence-corrected chi connectivity index (χ4v) is 0.794. The van der Waals surface area contributed by atoms with Crippen LogP contribution in [-0.4, -0.2) is 31.2 Å². The van der Waals surface area contributed by atoms with Crippen LogP contribution in [0, 0.1) is 0 Å². The van der Waals surface area contributed by atoms with Crippen LogP contribution in [0.15, 0.2) is 22.8 Å². The number of nitrogens with zero attached hydrogens (tertiary/aromatic N) is 2. The summed E-state index contributed by atoms with van der Waals surface area (Å²) in [5.41, 5.74) is 0.919. The van der Waals surface area contributed by atoms with Gasteiger partial charge in [0.05, 0.1) is 24.6 Å². The zero-order valence-electron chi connectivity index (χ0n) is 7.21. The number of hydrogen-bond donors (Lipinski definition) is 1. The monoisotopic (exact) mass is 167 g/mol. The molecule has 0 amide bonds. The van der Waals surface area contributed by atoms with Gasteiger partial charge in [0, 0.05) is 0 Å². The molecular formula is C8H13N3O. The van der Waals surface area contributed by atoms with E-state index in [1.807, 2.05) is 6.92 Å². The molecule has 0 unspecified atom stereocenters. The summed E-state index contributed by atoms with van der Waals surface area (Å²) in [4.78, 5) is 9.08. The number of hydrogen-bond acceptors (Lipinski definition) is 4. The number of amidine groups is 1. The fourth-order valence-electron chi connectivity index (χ4n) is 0.794.